The van der Waals surface area contributed by atoms with Crippen LogP contribution in [0.5, 0.6) is 5.75 Å². The van der Waals surface area contributed by atoms with Crippen LogP contribution in [0.1, 0.15) is 15.9 Å². The Morgan fingerprint density at radius 1 is 0.938 bits per heavy atom. The molecule has 0 heterocycles. The third kappa shape index (κ3) is 6.38. The maximum atomic E-state index is 12.2. The van der Waals surface area contributed by atoms with E-state index in [0.29, 0.717) is 21.3 Å². The van der Waals surface area contributed by atoms with Crippen molar-refractivity contribution >= 4 is 45.1 Å². The van der Waals surface area contributed by atoms with Crippen LogP contribution >= 0.6 is 28.1 Å². The molecule has 0 aliphatic heterocycles. The van der Waals surface area contributed by atoms with Gasteiger partial charge in [-0.25, -0.2) is 0 Å². The van der Waals surface area contributed by atoms with Crippen molar-refractivity contribution in [2.75, 3.05) is 6.61 Å². The van der Waals surface area contributed by atoms with Gasteiger partial charge in [-0.15, -0.1) is 0 Å². The Kier molecular flexibility index (Phi) is 7.91. The van der Waals surface area contributed by atoms with Gasteiger partial charge in [0, 0.05) is 4.47 Å². The number of nitrogens with one attached hydrogen (secondary N) is 3. The molecule has 0 aliphatic carbocycles. The number of hydrogen-bond acceptors (Lipinski definition) is 5. The number of nitrogens with zero attached hydrogens (tertiary/aromatic N) is 1. The van der Waals surface area contributed by atoms with E-state index in [2.05, 4.69) is 38.2 Å². The van der Waals surface area contributed by atoms with Crippen LogP contribution in [0.3, 0.4) is 0 Å². The van der Waals surface area contributed by atoms with Crippen molar-refractivity contribution in [2.24, 2.45) is 0 Å². The first-order valence-electron chi connectivity index (χ1n) is 9.34. The quantitative estimate of drug-likeness (QED) is 0.358. The topological polar surface area (TPSA) is 103 Å². The van der Waals surface area contributed by atoms with Crippen LogP contribution in [-0.2, 0) is 4.79 Å². The Morgan fingerprint density at radius 3 is 2.19 bits per heavy atom. The average Bonchev–Trinajstić information content (AvgIpc) is 2.82. The van der Waals surface area contributed by atoms with Crippen LogP contribution in [0, 0.1) is 11.3 Å². The lowest BCUT2D eigenvalue weighted by Crippen LogP contribution is -2.49. The molecule has 0 fully saturated rings. The number of amides is 2. The van der Waals surface area contributed by atoms with Gasteiger partial charge < -0.3 is 4.74 Å². The van der Waals surface area contributed by atoms with Crippen molar-refractivity contribution < 1.29 is 14.3 Å². The molecule has 3 N–H and O–H groups in total. The highest BCUT2D eigenvalue weighted by atomic mass is 79.9. The molecule has 0 atom stereocenters. The molecule has 9 heteroatoms. The van der Waals surface area contributed by atoms with E-state index in [0.717, 1.165) is 11.1 Å². The summed E-state index contributed by atoms with van der Waals surface area (Å²) in [5.41, 5.74) is 7.76. The average molecular weight is 509 g/mol. The molecule has 0 radical (unpaired) electrons. The van der Waals surface area contributed by atoms with Gasteiger partial charge in [0.05, 0.1) is 17.2 Å². The number of rotatable bonds is 5. The van der Waals surface area contributed by atoms with Gasteiger partial charge in [0.15, 0.2) is 11.7 Å². The first-order valence-corrected chi connectivity index (χ1v) is 10.5. The number of benzene rings is 3. The Labute approximate surface area is 198 Å². The van der Waals surface area contributed by atoms with E-state index in [4.69, 9.17) is 22.2 Å². The first-order chi connectivity index (χ1) is 15.5. The summed E-state index contributed by atoms with van der Waals surface area (Å²) in [6, 6.07) is 23.4. The lowest BCUT2D eigenvalue weighted by atomic mass is 10.0. The number of thiocarbonyl (C=S) groups is 1. The molecule has 3 aromatic rings. The summed E-state index contributed by atoms with van der Waals surface area (Å²) in [5.74, 6) is -0.371. The normalized spacial score (nSPS) is 9.88. The molecular weight excluding hydrogens is 492 g/mol. The van der Waals surface area contributed by atoms with Gasteiger partial charge in [0.2, 0.25) is 0 Å². The Hall–Kier alpha value is -3.74. The molecule has 0 unspecified atom stereocenters. The zero-order chi connectivity index (χ0) is 22.9. The third-order valence-corrected chi connectivity index (χ3v) is 5.13. The fourth-order valence-electron chi connectivity index (χ4n) is 2.64. The number of nitriles is 1. The number of carbonyl (C=O) groups excluding carboxylic acids is 2. The summed E-state index contributed by atoms with van der Waals surface area (Å²) >= 11 is 8.31. The largest absolute Gasteiger partial charge is 0.484 e. The van der Waals surface area contributed by atoms with Crippen molar-refractivity contribution in [1.29, 1.82) is 5.26 Å². The van der Waals surface area contributed by atoms with Crippen LogP contribution in [0.25, 0.3) is 11.1 Å². The lowest BCUT2D eigenvalue weighted by molar-refractivity contribution is -0.123. The van der Waals surface area contributed by atoms with Gasteiger partial charge in [-0.05, 0) is 75.7 Å². The van der Waals surface area contributed by atoms with Gasteiger partial charge in [-0.3, -0.25) is 25.8 Å². The number of hydrazine groups is 1. The number of ether oxygens (including phenoxy) is 1. The smallest absolute Gasteiger partial charge is 0.276 e. The predicted molar refractivity (Wildman–Crippen MR) is 128 cm³/mol. The molecule has 3 aromatic carbocycles. The second-order valence-corrected chi connectivity index (χ2v) is 7.70. The van der Waals surface area contributed by atoms with E-state index in [1.54, 1.807) is 48.5 Å². The summed E-state index contributed by atoms with van der Waals surface area (Å²) in [5, 5.41) is 11.3. The monoisotopic (exact) mass is 508 g/mol. The van der Waals surface area contributed by atoms with Gasteiger partial charge >= 0.3 is 0 Å². The molecule has 0 saturated heterocycles. The van der Waals surface area contributed by atoms with Gasteiger partial charge in [-0.2, -0.15) is 5.26 Å². The summed E-state index contributed by atoms with van der Waals surface area (Å²) in [4.78, 5) is 24.1. The van der Waals surface area contributed by atoms with Gasteiger partial charge in [-0.1, -0.05) is 36.4 Å². The summed E-state index contributed by atoms with van der Waals surface area (Å²) in [6.45, 7) is -0.246. The molecule has 2 amide bonds. The maximum Gasteiger partial charge on any atom is 0.276 e. The van der Waals surface area contributed by atoms with Crippen molar-refractivity contribution in [3.63, 3.8) is 0 Å². The zero-order valence-electron chi connectivity index (χ0n) is 16.6. The summed E-state index contributed by atoms with van der Waals surface area (Å²) in [7, 11) is 0. The molecule has 0 bridgehead atoms. The molecule has 7 nitrogen and oxygen atoms in total. The lowest BCUT2D eigenvalue weighted by Gasteiger charge is -2.12. The number of halogens is 1. The molecule has 160 valence electrons. The fraction of sp³-hybridized carbons (Fsp3) is 0.0435. The Bertz CT molecular complexity index is 1180. The third-order valence-electron chi connectivity index (χ3n) is 4.23. The molecule has 0 saturated carbocycles. The minimum absolute atomic E-state index is 0.0501. The van der Waals surface area contributed by atoms with Crippen LogP contribution < -0.4 is 20.9 Å². The number of hydrogen-bond donors (Lipinski definition) is 3. The van der Waals surface area contributed by atoms with Crippen LogP contribution in [0.4, 0.5) is 0 Å². The fourth-order valence-corrected chi connectivity index (χ4v) is 3.25. The van der Waals surface area contributed by atoms with Gasteiger partial charge in [0.25, 0.3) is 11.8 Å². The molecule has 3 rings (SSSR count). The molecule has 0 aromatic heterocycles. The highest BCUT2D eigenvalue weighted by Crippen LogP contribution is 2.22. The second kappa shape index (κ2) is 11.0. The molecule has 0 aliphatic rings. The highest BCUT2D eigenvalue weighted by Gasteiger charge is 2.11. The van der Waals surface area contributed by atoms with E-state index in [1.807, 2.05) is 24.3 Å². The van der Waals surface area contributed by atoms with Gasteiger partial charge in [0.1, 0.15) is 5.75 Å². The zero-order valence-corrected chi connectivity index (χ0v) is 19.0. The first kappa shape index (κ1) is 22.9. The van der Waals surface area contributed by atoms with E-state index in [9.17, 15) is 9.59 Å². The number of carbonyl (C=O) groups is 2. The Balaban J connectivity index is 1.43. The molecular formula is C23H17BrN4O3S. The minimum Gasteiger partial charge on any atom is -0.484 e. The van der Waals surface area contributed by atoms with E-state index in [-0.39, 0.29) is 11.7 Å². The van der Waals surface area contributed by atoms with E-state index >= 15 is 0 Å². The molecule has 32 heavy (non-hydrogen) atoms. The van der Waals surface area contributed by atoms with E-state index < -0.39 is 11.8 Å². The minimum atomic E-state index is -0.473. The van der Waals surface area contributed by atoms with Crippen LogP contribution in [0.15, 0.2) is 77.3 Å². The van der Waals surface area contributed by atoms with Crippen molar-refractivity contribution in [3.05, 3.63) is 88.4 Å². The maximum absolute atomic E-state index is 12.2. The van der Waals surface area contributed by atoms with Crippen molar-refractivity contribution in [2.45, 2.75) is 0 Å². The SMILES string of the molecule is N#Cc1ccc(-c2ccc(OCC(=O)NNC(=S)NC(=O)c3ccccc3Br)cc2)cc1. The standard InChI is InChI=1S/C23H17BrN4O3S/c24-20-4-2-1-3-19(20)22(30)26-23(32)28-27-21(29)14-31-18-11-9-17(10-12-18)16-7-5-15(13-25)6-8-16/h1-12H,14H2,(H,27,29)(H2,26,28,30,32). The van der Waals surface area contributed by atoms with Crippen molar-refractivity contribution in [1.82, 2.24) is 16.2 Å². The second-order valence-electron chi connectivity index (χ2n) is 6.44. The van der Waals surface area contributed by atoms with Crippen molar-refractivity contribution in [3.8, 4) is 22.9 Å². The highest BCUT2D eigenvalue weighted by molar-refractivity contribution is 9.10. The Morgan fingerprint density at radius 2 is 1.56 bits per heavy atom. The van der Waals surface area contributed by atoms with E-state index in [1.165, 1.54) is 0 Å². The molecule has 0 spiro atoms. The van der Waals surface area contributed by atoms with Crippen LogP contribution in [0.2, 0.25) is 0 Å². The predicted octanol–water partition coefficient (Wildman–Crippen LogP) is 3.70. The van der Waals surface area contributed by atoms with Crippen LogP contribution in [-0.4, -0.2) is 23.5 Å². The summed E-state index contributed by atoms with van der Waals surface area (Å²) in [6.07, 6.45) is 0. The summed E-state index contributed by atoms with van der Waals surface area (Å²) < 4.78 is 6.09.